The van der Waals surface area contributed by atoms with Gasteiger partial charge in [0.2, 0.25) is 0 Å². The van der Waals surface area contributed by atoms with Gasteiger partial charge in [-0.3, -0.25) is 9.59 Å². The summed E-state index contributed by atoms with van der Waals surface area (Å²) in [4.78, 5) is 23.3. The van der Waals surface area contributed by atoms with E-state index in [1.54, 1.807) is 0 Å². The Labute approximate surface area is 147 Å². The van der Waals surface area contributed by atoms with E-state index in [1.165, 1.54) is 12.1 Å². The summed E-state index contributed by atoms with van der Waals surface area (Å²) in [5, 5.41) is 2.35. The van der Waals surface area contributed by atoms with E-state index in [-0.39, 0.29) is 29.5 Å². The lowest BCUT2D eigenvalue weighted by Gasteiger charge is -2.10. The van der Waals surface area contributed by atoms with Crippen LogP contribution in [0.1, 0.15) is 12.8 Å². The second-order valence-electron chi connectivity index (χ2n) is 5.75. The van der Waals surface area contributed by atoms with Gasteiger partial charge in [-0.25, -0.2) is 8.42 Å². The molecule has 1 saturated heterocycles. The number of hydrogen-bond donors (Lipinski definition) is 1. The highest BCUT2D eigenvalue weighted by Crippen LogP contribution is 2.24. The zero-order valence-electron chi connectivity index (χ0n) is 13.4. The SMILES string of the molecule is O=C(COC(=O)C[C@H]1CCS(=O)(=O)C1)Nc1ccc(OC(F)(F)F)cc1. The molecule has 0 unspecified atom stereocenters. The van der Waals surface area contributed by atoms with E-state index in [0.29, 0.717) is 6.42 Å². The molecule has 1 aromatic rings. The minimum absolute atomic E-state index is 0.0412. The van der Waals surface area contributed by atoms with Crippen molar-refractivity contribution in [3.8, 4) is 5.75 Å². The Balaban J connectivity index is 1.74. The molecule has 26 heavy (non-hydrogen) atoms. The maximum Gasteiger partial charge on any atom is 0.573 e. The Bertz CT molecular complexity index is 761. The molecule has 1 aromatic carbocycles. The number of anilines is 1. The zero-order chi connectivity index (χ0) is 19.4. The van der Waals surface area contributed by atoms with Gasteiger partial charge >= 0.3 is 12.3 Å². The van der Waals surface area contributed by atoms with Gasteiger partial charge in [0.05, 0.1) is 11.5 Å². The van der Waals surface area contributed by atoms with Crippen LogP contribution in [-0.2, 0) is 24.2 Å². The molecule has 1 atom stereocenters. The summed E-state index contributed by atoms with van der Waals surface area (Å²) in [6, 6.07) is 4.44. The van der Waals surface area contributed by atoms with Crippen molar-refractivity contribution < 1.29 is 40.7 Å². The van der Waals surface area contributed by atoms with Crippen molar-refractivity contribution in [2.24, 2.45) is 5.92 Å². The summed E-state index contributed by atoms with van der Waals surface area (Å²) in [6.45, 7) is -0.584. The zero-order valence-corrected chi connectivity index (χ0v) is 14.2. The largest absolute Gasteiger partial charge is 0.573 e. The Morgan fingerprint density at radius 3 is 2.38 bits per heavy atom. The number of benzene rings is 1. The summed E-state index contributed by atoms with van der Waals surface area (Å²) in [5.74, 6) is -2.14. The molecule has 2 rings (SSSR count). The van der Waals surface area contributed by atoms with Crippen LogP contribution in [0.5, 0.6) is 5.75 Å². The molecule has 1 aliphatic rings. The first-order chi connectivity index (χ1) is 12.0. The fourth-order valence-corrected chi connectivity index (χ4v) is 4.27. The van der Waals surface area contributed by atoms with Crippen molar-refractivity contribution >= 4 is 27.4 Å². The number of halogens is 3. The number of rotatable bonds is 6. The lowest BCUT2D eigenvalue weighted by Crippen LogP contribution is -2.22. The number of esters is 1. The van der Waals surface area contributed by atoms with Gasteiger partial charge in [-0.15, -0.1) is 13.2 Å². The Kier molecular flexibility index (Phi) is 6.11. The van der Waals surface area contributed by atoms with E-state index in [0.717, 1.165) is 12.1 Å². The molecule has 1 amide bonds. The summed E-state index contributed by atoms with van der Waals surface area (Å²) in [5.41, 5.74) is 0.197. The average Bonchev–Trinajstić information content (AvgIpc) is 2.84. The topological polar surface area (TPSA) is 98.8 Å². The van der Waals surface area contributed by atoms with Gasteiger partial charge < -0.3 is 14.8 Å². The maximum atomic E-state index is 12.0. The third-order valence-electron chi connectivity index (χ3n) is 3.52. The van der Waals surface area contributed by atoms with Crippen molar-refractivity contribution in [3.63, 3.8) is 0 Å². The smallest absolute Gasteiger partial charge is 0.456 e. The molecule has 0 spiro atoms. The van der Waals surface area contributed by atoms with Crippen LogP contribution >= 0.6 is 0 Å². The summed E-state index contributed by atoms with van der Waals surface area (Å²) >= 11 is 0. The second kappa shape index (κ2) is 7.94. The molecular weight excluding hydrogens is 379 g/mol. The molecule has 0 saturated carbocycles. The average molecular weight is 395 g/mol. The Morgan fingerprint density at radius 2 is 1.85 bits per heavy atom. The molecule has 1 heterocycles. The predicted octanol–water partition coefficient (Wildman–Crippen LogP) is 1.89. The highest BCUT2D eigenvalue weighted by Gasteiger charge is 2.31. The minimum Gasteiger partial charge on any atom is -0.456 e. The second-order valence-corrected chi connectivity index (χ2v) is 7.98. The van der Waals surface area contributed by atoms with Crippen molar-refractivity contribution in [1.82, 2.24) is 0 Å². The molecule has 11 heteroatoms. The van der Waals surface area contributed by atoms with E-state index < -0.39 is 40.4 Å². The normalized spacial score (nSPS) is 19.0. The summed E-state index contributed by atoms with van der Waals surface area (Å²) < 4.78 is 67.2. The number of carbonyl (C=O) groups excluding carboxylic acids is 2. The predicted molar refractivity (Wildman–Crippen MR) is 84.1 cm³/mol. The van der Waals surface area contributed by atoms with Gasteiger partial charge in [0.1, 0.15) is 5.75 Å². The van der Waals surface area contributed by atoms with Gasteiger partial charge in [0.15, 0.2) is 16.4 Å². The van der Waals surface area contributed by atoms with Gasteiger partial charge in [-0.2, -0.15) is 0 Å². The quantitative estimate of drug-likeness (QED) is 0.739. The third kappa shape index (κ3) is 6.90. The van der Waals surface area contributed by atoms with Crippen LogP contribution in [0.2, 0.25) is 0 Å². The number of alkyl halides is 3. The van der Waals surface area contributed by atoms with E-state index in [4.69, 9.17) is 4.74 Å². The number of carbonyl (C=O) groups is 2. The van der Waals surface area contributed by atoms with E-state index in [1.807, 2.05) is 0 Å². The summed E-state index contributed by atoms with van der Waals surface area (Å²) in [7, 11) is -3.10. The lowest BCUT2D eigenvalue weighted by atomic mass is 10.1. The van der Waals surface area contributed by atoms with Crippen LogP contribution in [-0.4, -0.2) is 44.8 Å². The third-order valence-corrected chi connectivity index (χ3v) is 5.35. The maximum absolute atomic E-state index is 12.0. The molecule has 1 N–H and O–H groups in total. The fraction of sp³-hybridized carbons (Fsp3) is 0.467. The first kappa shape index (κ1) is 20.0. The molecule has 0 radical (unpaired) electrons. The summed E-state index contributed by atoms with van der Waals surface area (Å²) in [6.07, 6.45) is -4.51. The molecular formula is C15H16F3NO6S. The number of nitrogens with one attached hydrogen (secondary N) is 1. The van der Waals surface area contributed by atoms with Gasteiger partial charge in [0.25, 0.3) is 5.91 Å². The van der Waals surface area contributed by atoms with Gasteiger partial charge in [-0.05, 0) is 36.6 Å². The monoisotopic (exact) mass is 395 g/mol. The van der Waals surface area contributed by atoms with Crippen LogP contribution < -0.4 is 10.1 Å². The van der Waals surface area contributed by atoms with Crippen molar-refractivity contribution in [3.05, 3.63) is 24.3 Å². The highest BCUT2D eigenvalue weighted by atomic mass is 32.2. The number of hydrogen-bond acceptors (Lipinski definition) is 6. The standard InChI is InChI=1S/C15H16F3NO6S/c16-15(17,18)25-12-3-1-11(2-4-12)19-13(20)8-24-14(21)7-10-5-6-26(22,23)9-10/h1-4,10H,5-9H2,(H,19,20)/t10-/m1/s1. The Morgan fingerprint density at radius 1 is 1.19 bits per heavy atom. The van der Waals surface area contributed by atoms with E-state index >= 15 is 0 Å². The number of amides is 1. The fourth-order valence-electron chi connectivity index (χ4n) is 2.41. The molecule has 0 aromatic heterocycles. The molecule has 1 aliphatic heterocycles. The van der Waals surface area contributed by atoms with Gasteiger partial charge in [-0.1, -0.05) is 0 Å². The van der Waals surface area contributed by atoms with Crippen LogP contribution in [0.3, 0.4) is 0 Å². The minimum atomic E-state index is -4.81. The number of sulfone groups is 1. The van der Waals surface area contributed by atoms with Crippen molar-refractivity contribution in [1.29, 1.82) is 0 Å². The molecule has 0 aliphatic carbocycles. The highest BCUT2D eigenvalue weighted by molar-refractivity contribution is 7.91. The van der Waals surface area contributed by atoms with Crippen molar-refractivity contribution in [2.75, 3.05) is 23.4 Å². The molecule has 144 valence electrons. The molecule has 0 bridgehead atoms. The molecule has 7 nitrogen and oxygen atoms in total. The van der Waals surface area contributed by atoms with Crippen LogP contribution in [0.15, 0.2) is 24.3 Å². The lowest BCUT2D eigenvalue weighted by molar-refractivity contribution is -0.274. The van der Waals surface area contributed by atoms with E-state index in [9.17, 15) is 31.2 Å². The Hall–Kier alpha value is -2.30. The van der Waals surface area contributed by atoms with Crippen molar-refractivity contribution in [2.45, 2.75) is 19.2 Å². The number of ether oxygens (including phenoxy) is 2. The van der Waals surface area contributed by atoms with Gasteiger partial charge in [0, 0.05) is 12.1 Å². The first-order valence-electron chi connectivity index (χ1n) is 7.54. The molecule has 1 fully saturated rings. The van der Waals surface area contributed by atoms with Crippen LogP contribution in [0, 0.1) is 5.92 Å². The van der Waals surface area contributed by atoms with Crippen LogP contribution in [0.25, 0.3) is 0 Å². The first-order valence-corrected chi connectivity index (χ1v) is 9.36. The van der Waals surface area contributed by atoms with Crippen LogP contribution in [0.4, 0.5) is 18.9 Å². The van der Waals surface area contributed by atoms with E-state index in [2.05, 4.69) is 10.1 Å².